The van der Waals surface area contributed by atoms with Crippen LogP contribution in [0.5, 0.6) is 0 Å². The van der Waals surface area contributed by atoms with Crippen molar-refractivity contribution in [2.45, 2.75) is 39.2 Å². The third kappa shape index (κ3) is 1.93. The van der Waals surface area contributed by atoms with Crippen LogP contribution in [-0.2, 0) is 0 Å². The Labute approximate surface area is 107 Å². The minimum atomic E-state index is 0.504. The average molecular weight is 246 g/mol. The molecule has 2 aromatic rings. The first-order valence-corrected chi connectivity index (χ1v) is 6.77. The Morgan fingerprint density at radius 1 is 1.47 bits per heavy atom. The monoisotopic (exact) mass is 246 g/mol. The molecule has 1 fully saturated rings. The Morgan fingerprint density at radius 3 is 2.94 bits per heavy atom. The fourth-order valence-corrected chi connectivity index (χ4v) is 3.10. The van der Waals surface area contributed by atoms with E-state index in [9.17, 15) is 0 Å². The molecule has 17 heavy (non-hydrogen) atoms. The number of hydrogen-bond donors (Lipinski definition) is 1. The number of imidazole rings is 1. The molecule has 0 bridgehead atoms. The number of fused-ring (bicyclic) bond motifs is 1. The number of benzene rings is 1. The number of hydrogen-bond acceptors (Lipinski definition) is 1. The zero-order valence-electron chi connectivity index (χ0n) is 10.4. The summed E-state index contributed by atoms with van der Waals surface area (Å²) in [7, 11) is 0. The summed E-state index contributed by atoms with van der Waals surface area (Å²) in [5.41, 5.74) is 3.75. The van der Waals surface area contributed by atoms with Crippen molar-refractivity contribution in [2.24, 2.45) is 5.92 Å². The van der Waals surface area contributed by atoms with Crippen LogP contribution < -0.4 is 0 Å². The van der Waals surface area contributed by atoms with E-state index in [0.717, 1.165) is 16.2 Å². The lowest BCUT2D eigenvalue weighted by molar-refractivity contribution is 0.482. The molecule has 3 heteroatoms. The highest BCUT2D eigenvalue weighted by Crippen LogP contribution is 2.37. The fourth-order valence-electron chi connectivity index (χ4n) is 2.72. The van der Waals surface area contributed by atoms with E-state index in [1.807, 2.05) is 0 Å². The van der Waals surface area contributed by atoms with E-state index >= 15 is 0 Å². The van der Waals surface area contributed by atoms with Gasteiger partial charge in [-0.1, -0.05) is 25.0 Å². The van der Waals surface area contributed by atoms with Gasteiger partial charge in [-0.15, -0.1) is 0 Å². The molecule has 2 nitrogen and oxygen atoms in total. The zero-order valence-corrected chi connectivity index (χ0v) is 11.2. The van der Waals surface area contributed by atoms with Crippen molar-refractivity contribution in [2.75, 3.05) is 0 Å². The summed E-state index contributed by atoms with van der Waals surface area (Å²) in [6, 6.07) is 6.85. The van der Waals surface area contributed by atoms with Crippen molar-refractivity contribution in [1.29, 1.82) is 0 Å². The normalized spacial score (nSPS) is 17.5. The molecule has 0 aliphatic heterocycles. The van der Waals surface area contributed by atoms with Crippen LogP contribution in [0.1, 0.15) is 37.8 Å². The molecule has 1 aromatic heterocycles. The first kappa shape index (κ1) is 11.0. The molecular formula is C14H18N2S. The minimum absolute atomic E-state index is 0.504. The lowest BCUT2D eigenvalue weighted by Crippen LogP contribution is -2.06. The molecule has 0 radical (unpaired) electrons. The van der Waals surface area contributed by atoms with Gasteiger partial charge < -0.3 is 9.55 Å². The Bertz CT molecular complexity index is 604. The smallest absolute Gasteiger partial charge is 0.178 e. The molecule has 1 saturated carbocycles. The first-order valence-electron chi connectivity index (χ1n) is 6.36. The maximum Gasteiger partial charge on any atom is 0.178 e. The van der Waals surface area contributed by atoms with E-state index < -0.39 is 0 Å². The summed E-state index contributed by atoms with van der Waals surface area (Å²) >= 11 is 5.47. The van der Waals surface area contributed by atoms with Crippen molar-refractivity contribution >= 4 is 23.3 Å². The molecule has 0 saturated heterocycles. The van der Waals surface area contributed by atoms with Gasteiger partial charge in [0.1, 0.15) is 0 Å². The lowest BCUT2D eigenvalue weighted by Gasteiger charge is -2.15. The zero-order chi connectivity index (χ0) is 12.0. The quantitative estimate of drug-likeness (QED) is 0.798. The molecule has 90 valence electrons. The minimum Gasteiger partial charge on any atom is -0.331 e. The average Bonchev–Trinajstić information content (AvgIpc) is 3.00. The number of aryl methyl sites for hydroxylation is 1. The fraction of sp³-hybridized carbons (Fsp3) is 0.500. The molecule has 0 amide bonds. The van der Waals surface area contributed by atoms with Gasteiger partial charge in [-0.3, -0.25) is 0 Å². The maximum atomic E-state index is 5.47. The number of nitrogens with one attached hydrogen (secondary N) is 1. The van der Waals surface area contributed by atoms with Crippen LogP contribution in [0.15, 0.2) is 18.2 Å². The Hall–Kier alpha value is -1.09. The number of H-pyrrole nitrogens is 1. The van der Waals surface area contributed by atoms with Crippen molar-refractivity contribution in [1.82, 2.24) is 9.55 Å². The second-order valence-electron chi connectivity index (χ2n) is 5.30. The Morgan fingerprint density at radius 2 is 2.24 bits per heavy atom. The molecule has 1 N–H and O–H groups in total. The van der Waals surface area contributed by atoms with Gasteiger partial charge in [-0.05, 0) is 50.0 Å². The van der Waals surface area contributed by atoms with E-state index in [-0.39, 0.29) is 0 Å². The molecule has 1 heterocycles. The second-order valence-corrected chi connectivity index (χ2v) is 5.69. The van der Waals surface area contributed by atoms with E-state index in [1.54, 1.807) is 0 Å². The number of nitrogens with zero attached hydrogens (tertiary/aromatic N) is 1. The van der Waals surface area contributed by atoms with Crippen molar-refractivity contribution in [3.63, 3.8) is 0 Å². The van der Waals surface area contributed by atoms with Gasteiger partial charge in [0, 0.05) is 6.04 Å². The third-order valence-electron chi connectivity index (χ3n) is 3.75. The summed E-state index contributed by atoms with van der Waals surface area (Å²) in [6.07, 6.45) is 4.06. The van der Waals surface area contributed by atoms with Crippen molar-refractivity contribution in [3.05, 3.63) is 28.5 Å². The molecule has 1 aliphatic carbocycles. The van der Waals surface area contributed by atoms with Crippen molar-refractivity contribution < 1.29 is 0 Å². The number of aromatic amines is 1. The van der Waals surface area contributed by atoms with Gasteiger partial charge in [0.25, 0.3) is 0 Å². The standard InChI is InChI=1S/C14H18N2S/c1-9-4-3-5-12-13(9)16(14(17)15-12)10(2)8-11-6-7-11/h3-5,10-11H,6-8H2,1-2H3,(H,15,17). The van der Waals surface area contributed by atoms with Crippen molar-refractivity contribution in [3.8, 4) is 0 Å². The number of para-hydroxylation sites is 1. The summed E-state index contributed by atoms with van der Waals surface area (Å²) in [6.45, 7) is 4.44. The summed E-state index contributed by atoms with van der Waals surface area (Å²) in [4.78, 5) is 3.32. The Kier molecular flexibility index (Phi) is 2.58. The third-order valence-corrected chi connectivity index (χ3v) is 4.05. The van der Waals surface area contributed by atoms with Crippen LogP contribution in [0.3, 0.4) is 0 Å². The molecule has 1 aromatic carbocycles. The van der Waals surface area contributed by atoms with Crippen LogP contribution in [0.4, 0.5) is 0 Å². The van der Waals surface area contributed by atoms with Gasteiger partial charge in [-0.2, -0.15) is 0 Å². The summed E-state index contributed by atoms with van der Waals surface area (Å²) in [5, 5.41) is 0. The summed E-state index contributed by atoms with van der Waals surface area (Å²) in [5.74, 6) is 0.931. The lowest BCUT2D eigenvalue weighted by atomic mass is 10.1. The van der Waals surface area contributed by atoms with Gasteiger partial charge in [0.2, 0.25) is 0 Å². The van der Waals surface area contributed by atoms with Crippen LogP contribution in [-0.4, -0.2) is 9.55 Å². The molecule has 1 unspecified atom stereocenters. The van der Waals surface area contributed by atoms with E-state index in [1.165, 1.54) is 30.3 Å². The largest absolute Gasteiger partial charge is 0.331 e. The van der Waals surface area contributed by atoms with E-state index in [4.69, 9.17) is 12.2 Å². The van der Waals surface area contributed by atoms with Crippen LogP contribution >= 0.6 is 12.2 Å². The molecule has 0 spiro atoms. The molecule has 1 aliphatic rings. The highest BCUT2D eigenvalue weighted by molar-refractivity contribution is 7.71. The number of aromatic nitrogens is 2. The maximum absolute atomic E-state index is 5.47. The van der Waals surface area contributed by atoms with Crippen LogP contribution in [0, 0.1) is 17.6 Å². The van der Waals surface area contributed by atoms with E-state index in [2.05, 4.69) is 41.6 Å². The van der Waals surface area contributed by atoms with Gasteiger partial charge in [0.05, 0.1) is 11.0 Å². The predicted molar refractivity (Wildman–Crippen MR) is 73.9 cm³/mol. The number of rotatable bonds is 3. The van der Waals surface area contributed by atoms with Crippen LogP contribution in [0.25, 0.3) is 11.0 Å². The van der Waals surface area contributed by atoms with Gasteiger partial charge in [0.15, 0.2) is 4.77 Å². The topological polar surface area (TPSA) is 20.7 Å². The molecule has 1 atom stereocenters. The van der Waals surface area contributed by atoms with Gasteiger partial charge in [-0.25, -0.2) is 0 Å². The first-order chi connectivity index (χ1) is 8.16. The van der Waals surface area contributed by atoms with Gasteiger partial charge >= 0.3 is 0 Å². The highest BCUT2D eigenvalue weighted by atomic mass is 32.1. The summed E-state index contributed by atoms with van der Waals surface area (Å²) < 4.78 is 3.17. The van der Waals surface area contributed by atoms with E-state index in [0.29, 0.717) is 6.04 Å². The SMILES string of the molecule is Cc1cccc2[nH]c(=S)n(C(C)CC3CC3)c12. The highest BCUT2D eigenvalue weighted by Gasteiger charge is 2.25. The predicted octanol–water partition coefficient (Wildman–Crippen LogP) is 4.37. The second kappa shape index (κ2) is 3.98. The Balaban J connectivity index is 2.13. The van der Waals surface area contributed by atoms with Crippen LogP contribution in [0.2, 0.25) is 0 Å². The molecule has 3 rings (SSSR count). The molecular weight excluding hydrogens is 228 g/mol.